The van der Waals surface area contributed by atoms with Gasteiger partial charge in [0.2, 0.25) is 5.91 Å². The molecule has 0 spiro atoms. The molecule has 1 amide bonds. The fraction of sp³-hybridized carbons (Fsp3) is 0.533. The van der Waals surface area contributed by atoms with E-state index in [4.69, 9.17) is 0 Å². The van der Waals surface area contributed by atoms with Crippen LogP contribution in [-0.2, 0) is 11.3 Å². The van der Waals surface area contributed by atoms with Crippen molar-refractivity contribution in [3.63, 3.8) is 0 Å². The topological polar surface area (TPSA) is 32.3 Å². The normalized spacial score (nSPS) is 20.2. The molecule has 2 rings (SSSR count). The number of nitrogens with one attached hydrogen (secondary N) is 1. The first-order valence-electron chi connectivity index (χ1n) is 6.93. The summed E-state index contributed by atoms with van der Waals surface area (Å²) >= 11 is 3.45. The highest BCUT2D eigenvalue weighted by Crippen LogP contribution is 2.19. The van der Waals surface area contributed by atoms with E-state index in [-0.39, 0.29) is 11.8 Å². The molecule has 3 nitrogen and oxygen atoms in total. The van der Waals surface area contributed by atoms with Gasteiger partial charge in [0, 0.05) is 24.1 Å². The van der Waals surface area contributed by atoms with Gasteiger partial charge in [0.15, 0.2) is 0 Å². The van der Waals surface area contributed by atoms with E-state index in [1.807, 2.05) is 6.92 Å². The van der Waals surface area contributed by atoms with Crippen LogP contribution >= 0.6 is 15.9 Å². The van der Waals surface area contributed by atoms with Crippen LogP contribution in [-0.4, -0.2) is 30.4 Å². The molecule has 1 aliphatic rings. The Labute approximate surface area is 123 Å². The van der Waals surface area contributed by atoms with Gasteiger partial charge in [-0.15, -0.1) is 0 Å². The summed E-state index contributed by atoms with van der Waals surface area (Å²) in [4.78, 5) is 14.3. The Kier molecular flexibility index (Phi) is 5.40. The molecule has 1 aliphatic heterocycles. The van der Waals surface area contributed by atoms with Crippen LogP contribution in [0.1, 0.15) is 25.3 Å². The van der Waals surface area contributed by atoms with Gasteiger partial charge in [0.25, 0.3) is 0 Å². The smallest absolute Gasteiger partial charge is 0.224 e. The predicted molar refractivity (Wildman–Crippen MR) is 80.8 cm³/mol. The fourth-order valence-corrected chi connectivity index (χ4v) is 2.84. The van der Waals surface area contributed by atoms with Gasteiger partial charge >= 0.3 is 0 Å². The average Bonchev–Trinajstić information content (AvgIpc) is 2.42. The van der Waals surface area contributed by atoms with Gasteiger partial charge < -0.3 is 5.32 Å². The molecule has 1 N–H and O–H groups in total. The molecule has 1 fully saturated rings. The van der Waals surface area contributed by atoms with Crippen molar-refractivity contribution in [2.45, 2.75) is 26.3 Å². The maximum atomic E-state index is 11.9. The van der Waals surface area contributed by atoms with Crippen molar-refractivity contribution in [2.24, 2.45) is 5.92 Å². The zero-order chi connectivity index (χ0) is 13.7. The lowest BCUT2D eigenvalue weighted by Crippen LogP contribution is -2.42. The van der Waals surface area contributed by atoms with E-state index in [0.717, 1.165) is 43.5 Å². The lowest BCUT2D eigenvalue weighted by atomic mass is 9.96. The summed E-state index contributed by atoms with van der Waals surface area (Å²) in [6, 6.07) is 8.42. The van der Waals surface area contributed by atoms with Crippen LogP contribution < -0.4 is 5.32 Å². The molecule has 1 heterocycles. The number of carbonyl (C=O) groups excluding carboxylic acids is 1. The number of halogens is 1. The van der Waals surface area contributed by atoms with Gasteiger partial charge in [-0.3, -0.25) is 9.69 Å². The maximum absolute atomic E-state index is 11.9. The molecule has 0 saturated carbocycles. The minimum absolute atomic E-state index is 0.157. The number of piperidine rings is 1. The first kappa shape index (κ1) is 14.5. The SMILES string of the molecule is CCNC(=O)C1CCCN(Cc2ccc(Br)cc2)C1. The number of benzene rings is 1. The summed E-state index contributed by atoms with van der Waals surface area (Å²) in [7, 11) is 0. The Morgan fingerprint density at radius 3 is 2.84 bits per heavy atom. The highest BCUT2D eigenvalue weighted by Gasteiger charge is 2.25. The van der Waals surface area contributed by atoms with E-state index in [0.29, 0.717) is 0 Å². The Bertz CT molecular complexity index is 419. The highest BCUT2D eigenvalue weighted by molar-refractivity contribution is 9.10. The molecular formula is C15H21BrN2O. The lowest BCUT2D eigenvalue weighted by Gasteiger charge is -2.32. The molecule has 0 bridgehead atoms. The van der Waals surface area contributed by atoms with E-state index in [9.17, 15) is 4.79 Å². The van der Waals surface area contributed by atoms with Crippen LogP contribution in [0, 0.1) is 5.92 Å². The quantitative estimate of drug-likeness (QED) is 0.923. The van der Waals surface area contributed by atoms with Gasteiger partial charge in [-0.1, -0.05) is 28.1 Å². The summed E-state index contributed by atoms with van der Waals surface area (Å²) in [5, 5.41) is 2.94. The molecule has 104 valence electrons. The van der Waals surface area contributed by atoms with Crippen molar-refractivity contribution < 1.29 is 4.79 Å². The van der Waals surface area contributed by atoms with Crippen molar-refractivity contribution >= 4 is 21.8 Å². The van der Waals surface area contributed by atoms with Crippen molar-refractivity contribution in [1.82, 2.24) is 10.2 Å². The number of rotatable bonds is 4. The molecule has 1 saturated heterocycles. The molecule has 19 heavy (non-hydrogen) atoms. The molecular weight excluding hydrogens is 304 g/mol. The molecule has 1 aromatic carbocycles. The zero-order valence-corrected chi connectivity index (χ0v) is 12.9. The predicted octanol–water partition coefficient (Wildman–Crippen LogP) is 2.80. The number of hydrogen-bond acceptors (Lipinski definition) is 2. The van der Waals surface area contributed by atoms with Crippen molar-refractivity contribution in [3.8, 4) is 0 Å². The molecule has 1 aromatic rings. The Balaban J connectivity index is 1.90. The summed E-state index contributed by atoms with van der Waals surface area (Å²) in [5.74, 6) is 0.368. The van der Waals surface area contributed by atoms with E-state index >= 15 is 0 Å². The third-order valence-corrected chi connectivity index (χ3v) is 4.08. The summed E-state index contributed by atoms with van der Waals surface area (Å²) in [6.45, 7) is 5.60. The van der Waals surface area contributed by atoms with Gasteiger partial charge in [-0.05, 0) is 44.0 Å². The zero-order valence-electron chi connectivity index (χ0n) is 11.4. The number of nitrogens with zero attached hydrogens (tertiary/aromatic N) is 1. The summed E-state index contributed by atoms with van der Waals surface area (Å²) < 4.78 is 1.11. The Hall–Kier alpha value is -0.870. The van der Waals surface area contributed by atoms with Crippen LogP contribution in [0.15, 0.2) is 28.7 Å². The Morgan fingerprint density at radius 1 is 1.42 bits per heavy atom. The van der Waals surface area contributed by atoms with Crippen LogP contribution in [0.4, 0.5) is 0 Å². The van der Waals surface area contributed by atoms with E-state index in [1.165, 1.54) is 5.56 Å². The number of hydrogen-bond donors (Lipinski definition) is 1. The first-order chi connectivity index (χ1) is 9.19. The van der Waals surface area contributed by atoms with Gasteiger partial charge in [0.1, 0.15) is 0 Å². The number of carbonyl (C=O) groups is 1. The fourth-order valence-electron chi connectivity index (χ4n) is 2.58. The summed E-state index contributed by atoms with van der Waals surface area (Å²) in [5.41, 5.74) is 1.31. The van der Waals surface area contributed by atoms with Crippen LogP contribution in [0.25, 0.3) is 0 Å². The summed E-state index contributed by atoms with van der Waals surface area (Å²) in [6.07, 6.45) is 2.13. The van der Waals surface area contributed by atoms with Crippen molar-refractivity contribution in [1.29, 1.82) is 0 Å². The Morgan fingerprint density at radius 2 is 2.16 bits per heavy atom. The van der Waals surface area contributed by atoms with E-state index in [1.54, 1.807) is 0 Å². The maximum Gasteiger partial charge on any atom is 0.224 e. The molecule has 0 radical (unpaired) electrons. The number of amides is 1. The average molecular weight is 325 g/mol. The van der Waals surface area contributed by atoms with Crippen LogP contribution in [0.2, 0.25) is 0 Å². The van der Waals surface area contributed by atoms with Gasteiger partial charge in [-0.2, -0.15) is 0 Å². The minimum atomic E-state index is 0.157. The van der Waals surface area contributed by atoms with Crippen LogP contribution in [0.3, 0.4) is 0 Å². The van der Waals surface area contributed by atoms with Crippen LogP contribution in [0.5, 0.6) is 0 Å². The molecule has 0 aliphatic carbocycles. The van der Waals surface area contributed by atoms with Gasteiger partial charge in [0.05, 0.1) is 5.92 Å². The second-order valence-electron chi connectivity index (χ2n) is 5.10. The highest BCUT2D eigenvalue weighted by atomic mass is 79.9. The first-order valence-corrected chi connectivity index (χ1v) is 7.73. The lowest BCUT2D eigenvalue weighted by molar-refractivity contribution is -0.126. The molecule has 1 unspecified atom stereocenters. The van der Waals surface area contributed by atoms with E-state index in [2.05, 4.69) is 50.4 Å². The van der Waals surface area contributed by atoms with Crippen molar-refractivity contribution in [2.75, 3.05) is 19.6 Å². The second kappa shape index (κ2) is 7.06. The standard InChI is InChI=1S/C15H21BrN2O/c1-2-17-15(19)13-4-3-9-18(11-13)10-12-5-7-14(16)8-6-12/h5-8,13H,2-4,9-11H2,1H3,(H,17,19). The largest absolute Gasteiger partial charge is 0.356 e. The third-order valence-electron chi connectivity index (χ3n) is 3.55. The molecule has 1 atom stereocenters. The third kappa shape index (κ3) is 4.32. The second-order valence-corrected chi connectivity index (χ2v) is 6.01. The molecule has 4 heteroatoms. The molecule has 0 aromatic heterocycles. The minimum Gasteiger partial charge on any atom is -0.356 e. The van der Waals surface area contributed by atoms with E-state index < -0.39 is 0 Å². The monoisotopic (exact) mass is 324 g/mol. The van der Waals surface area contributed by atoms with Crippen molar-refractivity contribution in [3.05, 3.63) is 34.3 Å². The van der Waals surface area contributed by atoms with Gasteiger partial charge in [-0.25, -0.2) is 0 Å². The number of likely N-dealkylation sites (tertiary alicyclic amines) is 1.